The normalized spacial score (nSPS) is 10.8. The van der Waals surface area contributed by atoms with Crippen LogP contribution in [0, 0.1) is 0 Å². The van der Waals surface area contributed by atoms with E-state index in [1.54, 1.807) is 0 Å². The molecule has 0 amide bonds. The second-order valence-corrected chi connectivity index (χ2v) is 13.3. The third-order valence-corrected chi connectivity index (χ3v) is 8.88. The number of aromatic nitrogens is 3. The van der Waals surface area contributed by atoms with Crippen LogP contribution in [0.1, 0.15) is 0 Å². The van der Waals surface area contributed by atoms with E-state index < -0.39 is 0 Å². The second kappa shape index (κ2) is 14.5. The number of ether oxygens (including phenoxy) is 3. The Morgan fingerprint density at radius 3 is 0.667 bits per heavy atom. The summed E-state index contributed by atoms with van der Waals surface area (Å²) in [5.41, 5.74) is 6.43. The Hall–Kier alpha value is -4.83. The van der Waals surface area contributed by atoms with Crippen molar-refractivity contribution in [1.82, 2.24) is 15.0 Å². The van der Waals surface area contributed by atoms with Crippen LogP contribution < -0.4 is 14.2 Å². The van der Waals surface area contributed by atoms with Crippen LogP contribution in [0.2, 0.25) is 0 Å². The average Bonchev–Trinajstić information content (AvgIpc) is 3.10. The molecule has 0 spiro atoms. The molecule has 0 atom stereocenters. The van der Waals surface area contributed by atoms with E-state index in [-0.39, 0.29) is 18.0 Å². The van der Waals surface area contributed by atoms with E-state index in [4.69, 9.17) is 14.2 Å². The zero-order chi connectivity index (χ0) is 32.9. The third-order valence-electron chi connectivity index (χ3n) is 7.30. The summed E-state index contributed by atoms with van der Waals surface area (Å²) in [6.07, 6.45) is 0. The van der Waals surface area contributed by atoms with Crippen LogP contribution in [0.4, 0.5) is 0 Å². The molecule has 1 heterocycles. The first-order valence-electron chi connectivity index (χ1n) is 14.8. The summed E-state index contributed by atoms with van der Waals surface area (Å²) in [5, 5.41) is 0. The molecular weight excluding hydrogens is 798 g/mol. The maximum absolute atomic E-state index is 6.08. The standard InChI is InChI=1S/C39H24Br3N3O3/c40-31-13-1-25(2-14-31)28-7-19-34(20-8-28)46-37-43-38(47-35-21-9-29(10-22-35)26-3-15-32(41)16-4-26)45-39(44-37)48-36-23-11-30(12-24-36)27-5-17-33(42)18-6-27/h1-24H. The zero-order valence-corrected chi connectivity index (χ0v) is 29.8. The van der Waals surface area contributed by atoms with Crippen LogP contribution in [0.5, 0.6) is 35.3 Å². The molecule has 6 aromatic carbocycles. The lowest BCUT2D eigenvalue weighted by atomic mass is 10.1. The molecule has 0 saturated heterocycles. The highest BCUT2D eigenvalue weighted by Gasteiger charge is 2.14. The summed E-state index contributed by atoms with van der Waals surface area (Å²) in [6, 6.07) is 47.5. The fourth-order valence-electron chi connectivity index (χ4n) is 4.85. The van der Waals surface area contributed by atoms with Crippen molar-refractivity contribution in [2.75, 3.05) is 0 Å². The first-order chi connectivity index (χ1) is 23.4. The number of benzene rings is 6. The minimum Gasteiger partial charge on any atom is -0.424 e. The first kappa shape index (κ1) is 31.8. The van der Waals surface area contributed by atoms with Crippen molar-refractivity contribution in [3.63, 3.8) is 0 Å². The lowest BCUT2D eigenvalue weighted by Gasteiger charge is -2.11. The van der Waals surface area contributed by atoms with Crippen molar-refractivity contribution in [2.45, 2.75) is 0 Å². The molecule has 0 saturated carbocycles. The van der Waals surface area contributed by atoms with Gasteiger partial charge in [0, 0.05) is 13.4 Å². The molecule has 0 unspecified atom stereocenters. The lowest BCUT2D eigenvalue weighted by molar-refractivity contribution is 0.362. The summed E-state index contributed by atoms with van der Waals surface area (Å²) in [6.45, 7) is 0. The molecule has 1 aromatic heterocycles. The van der Waals surface area contributed by atoms with Gasteiger partial charge in [-0.05, 0) is 106 Å². The number of halogens is 3. The van der Waals surface area contributed by atoms with Gasteiger partial charge in [-0.15, -0.1) is 15.0 Å². The Balaban J connectivity index is 1.14. The quantitative estimate of drug-likeness (QED) is 0.144. The monoisotopic (exact) mass is 819 g/mol. The number of hydrogen-bond acceptors (Lipinski definition) is 6. The maximum atomic E-state index is 6.08. The van der Waals surface area contributed by atoms with Gasteiger partial charge < -0.3 is 14.2 Å². The Morgan fingerprint density at radius 2 is 0.458 bits per heavy atom. The van der Waals surface area contributed by atoms with E-state index in [0.29, 0.717) is 17.2 Å². The van der Waals surface area contributed by atoms with Gasteiger partial charge in [0.15, 0.2) is 0 Å². The second-order valence-electron chi connectivity index (χ2n) is 10.6. The van der Waals surface area contributed by atoms with Crippen LogP contribution in [-0.2, 0) is 0 Å². The SMILES string of the molecule is Brc1ccc(-c2ccc(Oc3nc(Oc4ccc(-c5ccc(Br)cc5)cc4)nc(Oc4ccc(-c5ccc(Br)cc5)cc4)n3)cc2)cc1. The molecule has 0 N–H and O–H groups in total. The third kappa shape index (κ3) is 7.99. The van der Waals surface area contributed by atoms with Crippen LogP contribution in [0.15, 0.2) is 159 Å². The topological polar surface area (TPSA) is 66.4 Å². The Morgan fingerprint density at radius 1 is 0.271 bits per heavy atom. The zero-order valence-electron chi connectivity index (χ0n) is 25.1. The molecule has 0 aliphatic rings. The molecule has 6 nitrogen and oxygen atoms in total. The van der Waals surface area contributed by atoms with E-state index in [2.05, 4.69) is 99.1 Å². The number of rotatable bonds is 9. The number of hydrogen-bond donors (Lipinski definition) is 0. The van der Waals surface area contributed by atoms with Crippen molar-refractivity contribution < 1.29 is 14.2 Å². The van der Waals surface area contributed by atoms with E-state index in [1.807, 2.05) is 109 Å². The molecular formula is C39H24Br3N3O3. The van der Waals surface area contributed by atoms with Crippen molar-refractivity contribution in [3.05, 3.63) is 159 Å². The van der Waals surface area contributed by atoms with Crippen LogP contribution in [-0.4, -0.2) is 15.0 Å². The van der Waals surface area contributed by atoms with Gasteiger partial charge in [-0.3, -0.25) is 0 Å². The van der Waals surface area contributed by atoms with Gasteiger partial charge in [0.1, 0.15) is 17.2 Å². The van der Waals surface area contributed by atoms with Gasteiger partial charge in [-0.25, -0.2) is 0 Å². The molecule has 0 radical (unpaired) electrons. The van der Waals surface area contributed by atoms with Gasteiger partial charge in [-0.2, -0.15) is 0 Å². The van der Waals surface area contributed by atoms with Crippen molar-refractivity contribution in [1.29, 1.82) is 0 Å². The van der Waals surface area contributed by atoms with Crippen molar-refractivity contribution in [3.8, 4) is 68.7 Å². The smallest absolute Gasteiger partial charge is 0.331 e. The van der Waals surface area contributed by atoms with E-state index in [1.165, 1.54) is 0 Å². The molecule has 0 fully saturated rings. The predicted molar refractivity (Wildman–Crippen MR) is 199 cm³/mol. The number of nitrogens with zero attached hydrogens (tertiary/aromatic N) is 3. The summed E-state index contributed by atoms with van der Waals surface area (Å²) in [5.74, 6) is 1.66. The van der Waals surface area contributed by atoms with Crippen LogP contribution in [0.3, 0.4) is 0 Å². The summed E-state index contributed by atoms with van der Waals surface area (Å²) >= 11 is 10.5. The maximum Gasteiger partial charge on any atom is 0.331 e. The molecule has 0 aliphatic heterocycles. The van der Waals surface area contributed by atoms with Gasteiger partial charge in [-0.1, -0.05) is 121 Å². The first-order valence-corrected chi connectivity index (χ1v) is 17.2. The van der Waals surface area contributed by atoms with Crippen molar-refractivity contribution >= 4 is 47.8 Å². The molecule has 7 rings (SSSR count). The molecule has 234 valence electrons. The highest BCUT2D eigenvalue weighted by atomic mass is 79.9. The van der Waals surface area contributed by atoms with Gasteiger partial charge in [0.25, 0.3) is 0 Å². The average molecular weight is 822 g/mol. The summed E-state index contributed by atoms with van der Waals surface area (Å²) < 4.78 is 21.3. The predicted octanol–water partition coefficient (Wildman–Crippen LogP) is 12.5. The fraction of sp³-hybridized carbons (Fsp3) is 0. The Bertz CT molecular complexity index is 1880. The molecule has 7 aromatic rings. The molecule has 0 bridgehead atoms. The lowest BCUT2D eigenvalue weighted by Crippen LogP contribution is -2.01. The summed E-state index contributed by atoms with van der Waals surface area (Å²) in [7, 11) is 0. The van der Waals surface area contributed by atoms with Crippen molar-refractivity contribution in [2.24, 2.45) is 0 Å². The van der Waals surface area contributed by atoms with E-state index in [0.717, 1.165) is 46.8 Å². The minimum absolute atomic E-state index is 0.0318. The Labute approximate surface area is 302 Å². The van der Waals surface area contributed by atoms with Gasteiger partial charge in [0.2, 0.25) is 0 Å². The van der Waals surface area contributed by atoms with E-state index >= 15 is 0 Å². The Kier molecular flexibility index (Phi) is 9.60. The largest absolute Gasteiger partial charge is 0.424 e. The van der Waals surface area contributed by atoms with Crippen LogP contribution in [0.25, 0.3) is 33.4 Å². The molecule has 48 heavy (non-hydrogen) atoms. The van der Waals surface area contributed by atoms with Crippen LogP contribution >= 0.6 is 47.8 Å². The highest BCUT2D eigenvalue weighted by Crippen LogP contribution is 2.31. The molecule has 9 heteroatoms. The minimum atomic E-state index is 0.0318. The van der Waals surface area contributed by atoms with Gasteiger partial charge in [0.05, 0.1) is 0 Å². The van der Waals surface area contributed by atoms with Gasteiger partial charge >= 0.3 is 18.0 Å². The highest BCUT2D eigenvalue weighted by molar-refractivity contribution is 9.11. The molecule has 0 aliphatic carbocycles. The van der Waals surface area contributed by atoms with E-state index in [9.17, 15) is 0 Å². The fourth-order valence-corrected chi connectivity index (χ4v) is 5.64. The summed E-state index contributed by atoms with van der Waals surface area (Å²) in [4.78, 5) is 13.3.